The van der Waals surface area contributed by atoms with Crippen LogP contribution in [0.5, 0.6) is 0 Å². The maximum Gasteiger partial charge on any atom is 0.246 e. The van der Waals surface area contributed by atoms with Gasteiger partial charge in [-0.1, -0.05) is 105 Å². The number of carbonyl (C=O) groups is 3. The summed E-state index contributed by atoms with van der Waals surface area (Å²) >= 11 is 0. The highest BCUT2D eigenvalue weighted by atomic mass is 16.3. The van der Waals surface area contributed by atoms with Crippen molar-refractivity contribution in [2.75, 3.05) is 39.3 Å². The van der Waals surface area contributed by atoms with E-state index in [1.54, 1.807) is 9.80 Å². The molecular weight excluding hydrogens is 612 g/mol. The first-order valence-corrected chi connectivity index (χ1v) is 18.2. The van der Waals surface area contributed by atoms with E-state index in [0.717, 1.165) is 55.6 Å². The number of hydrogen-bond donors (Lipinski definition) is 2. The van der Waals surface area contributed by atoms with Crippen molar-refractivity contribution in [3.8, 4) is 0 Å². The fourth-order valence-corrected chi connectivity index (χ4v) is 8.48. The summed E-state index contributed by atoms with van der Waals surface area (Å²) in [6.45, 7) is 8.81. The van der Waals surface area contributed by atoms with Crippen LogP contribution in [0.15, 0.2) is 91.0 Å². The largest absolute Gasteiger partial charge is 0.391 e. The summed E-state index contributed by atoms with van der Waals surface area (Å²) in [5.74, 6) is 0.458. The lowest BCUT2D eigenvalue weighted by Gasteiger charge is -2.38. The topological polar surface area (TPSA) is 93.2 Å². The average Bonchev–Trinajstić information content (AvgIpc) is 3.78. The number of piperidine rings is 1. The molecule has 49 heavy (non-hydrogen) atoms. The van der Waals surface area contributed by atoms with E-state index >= 15 is 0 Å². The molecule has 4 atom stereocenters. The Balaban J connectivity index is 1.20. The smallest absolute Gasteiger partial charge is 0.246 e. The molecule has 3 aliphatic rings. The number of amides is 3. The summed E-state index contributed by atoms with van der Waals surface area (Å²) in [6, 6.07) is 28.8. The highest BCUT2D eigenvalue weighted by Crippen LogP contribution is 2.43. The Morgan fingerprint density at radius 2 is 1.35 bits per heavy atom. The van der Waals surface area contributed by atoms with Gasteiger partial charge in [0.25, 0.3) is 0 Å². The molecule has 0 aromatic heterocycles. The van der Waals surface area contributed by atoms with Gasteiger partial charge >= 0.3 is 0 Å². The molecule has 0 bridgehead atoms. The Kier molecular flexibility index (Phi) is 11.2. The second kappa shape index (κ2) is 15.7. The number of carbonyl (C=O) groups excluding carboxylic acids is 3. The fraction of sp³-hybridized carbons (Fsp3) is 0.488. The van der Waals surface area contributed by atoms with Gasteiger partial charge in [-0.05, 0) is 60.8 Å². The molecule has 2 N–H and O–H groups in total. The number of nitrogens with zero attached hydrogens (tertiary/aromatic N) is 3. The van der Waals surface area contributed by atoms with Crippen molar-refractivity contribution < 1.29 is 19.5 Å². The van der Waals surface area contributed by atoms with Crippen molar-refractivity contribution in [2.24, 2.45) is 11.8 Å². The van der Waals surface area contributed by atoms with Crippen LogP contribution in [-0.4, -0.2) is 95.0 Å². The van der Waals surface area contributed by atoms with E-state index in [9.17, 15) is 19.5 Å². The van der Waals surface area contributed by atoms with Gasteiger partial charge < -0.3 is 25.1 Å². The predicted octanol–water partition coefficient (Wildman–Crippen LogP) is 4.85. The number of β-amino-alcohol motifs (C(OH)–C–C–N with tert-alkyl or cyclic N) is 1. The molecule has 3 fully saturated rings. The van der Waals surface area contributed by atoms with Gasteiger partial charge in [0.2, 0.25) is 17.7 Å². The summed E-state index contributed by atoms with van der Waals surface area (Å²) in [5.41, 5.74) is 2.11. The zero-order chi connectivity index (χ0) is 34.4. The number of benzene rings is 3. The first-order valence-electron chi connectivity index (χ1n) is 18.2. The third-order valence-corrected chi connectivity index (χ3v) is 10.7. The molecule has 0 saturated carbocycles. The summed E-state index contributed by atoms with van der Waals surface area (Å²) in [5, 5.41) is 14.1. The van der Waals surface area contributed by atoms with E-state index in [-0.39, 0.29) is 37.1 Å². The first kappa shape index (κ1) is 34.8. The van der Waals surface area contributed by atoms with Crippen LogP contribution >= 0.6 is 0 Å². The average molecular weight is 665 g/mol. The Hall–Kier alpha value is -4.01. The van der Waals surface area contributed by atoms with Gasteiger partial charge in [0, 0.05) is 45.6 Å². The van der Waals surface area contributed by atoms with E-state index in [1.807, 2.05) is 54.6 Å². The second-order valence-electron chi connectivity index (χ2n) is 14.7. The predicted molar refractivity (Wildman–Crippen MR) is 192 cm³/mol. The van der Waals surface area contributed by atoms with Crippen molar-refractivity contribution >= 4 is 17.7 Å². The molecule has 3 heterocycles. The van der Waals surface area contributed by atoms with Crippen LogP contribution in [0.3, 0.4) is 0 Å². The van der Waals surface area contributed by atoms with Crippen molar-refractivity contribution in [3.63, 3.8) is 0 Å². The summed E-state index contributed by atoms with van der Waals surface area (Å²) in [7, 11) is 0. The van der Waals surface area contributed by atoms with E-state index in [4.69, 9.17) is 0 Å². The SMILES string of the molecule is CC(C)CN1CCC[C@H](CNC(=O)[C@H]2CCCN2C(=O)[C@@H]2C[C@@H](O)CN2C(=O)CC(c2ccccc2)(c2ccccc2)c2ccccc2)C1. The molecule has 3 saturated heterocycles. The van der Waals surface area contributed by atoms with Crippen molar-refractivity contribution in [2.45, 2.75) is 76.0 Å². The fourth-order valence-electron chi connectivity index (χ4n) is 8.48. The molecule has 3 aromatic carbocycles. The van der Waals surface area contributed by atoms with Crippen molar-refractivity contribution in [3.05, 3.63) is 108 Å². The molecule has 3 aliphatic heterocycles. The maximum absolute atomic E-state index is 14.6. The normalized spacial score (nSPS) is 23.2. The lowest BCUT2D eigenvalue weighted by atomic mass is 9.67. The lowest BCUT2D eigenvalue weighted by molar-refractivity contribution is -0.146. The lowest BCUT2D eigenvalue weighted by Crippen LogP contribution is -2.54. The molecular formula is C41H52N4O4. The number of hydrogen-bond acceptors (Lipinski definition) is 5. The highest BCUT2D eigenvalue weighted by molar-refractivity contribution is 5.93. The molecule has 0 spiro atoms. The van der Waals surface area contributed by atoms with Gasteiger partial charge in [-0.15, -0.1) is 0 Å². The Bertz CT molecular complexity index is 1450. The van der Waals surface area contributed by atoms with Gasteiger partial charge in [-0.25, -0.2) is 0 Å². The van der Waals surface area contributed by atoms with Crippen molar-refractivity contribution in [1.29, 1.82) is 0 Å². The molecule has 0 unspecified atom stereocenters. The minimum absolute atomic E-state index is 0.0840. The second-order valence-corrected chi connectivity index (χ2v) is 14.7. The zero-order valence-corrected chi connectivity index (χ0v) is 29.0. The minimum atomic E-state index is -0.821. The zero-order valence-electron chi connectivity index (χ0n) is 29.0. The van der Waals surface area contributed by atoms with E-state index in [1.165, 1.54) is 0 Å². The molecule has 3 amide bonds. The molecule has 260 valence electrons. The van der Waals surface area contributed by atoms with Crippen LogP contribution < -0.4 is 5.32 Å². The summed E-state index contributed by atoms with van der Waals surface area (Å²) in [4.78, 5) is 48.2. The third kappa shape index (κ3) is 7.76. The van der Waals surface area contributed by atoms with Crippen LogP contribution in [0.4, 0.5) is 0 Å². The van der Waals surface area contributed by atoms with Gasteiger partial charge in [-0.2, -0.15) is 0 Å². The molecule has 0 radical (unpaired) electrons. The van der Waals surface area contributed by atoms with Gasteiger partial charge in [0.1, 0.15) is 12.1 Å². The van der Waals surface area contributed by atoms with E-state index < -0.39 is 23.6 Å². The van der Waals surface area contributed by atoms with E-state index in [2.05, 4.69) is 60.5 Å². The number of rotatable bonds is 11. The van der Waals surface area contributed by atoms with Crippen LogP contribution in [0, 0.1) is 11.8 Å². The number of likely N-dealkylation sites (tertiary alicyclic amines) is 3. The van der Waals surface area contributed by atoms with Crippen LogP contribution in [-0.2, 0) is 19.8 Å². The first-order chi connectivity index (χ1) is 23.8. The van der Waals surface area contributed by atoms with Crippen LogP contribution in [0.25, 0.3) is 0 Å². The minimum Gasteiger partial charge on any atom is -0.391 e. The Morgan fingerprint density at radius 1 is 0.776 bits per heavy atom. The van der Waals surface area contributed by atoms with E-state index in [0.29, 0.717) is 31.3 Å². The maximum atomic E-state index is 14.6. The van der Waals surface area contributed by atoms with Crippen molar-refractivity contribution in [1.82, 2.24) is 20.0 Å². The number of aliphatic hydroxyl groups is 1. The molecule has 8 heteroatoms. The molecule has 6 rings (SSSR count). The highest BCUT2D eigenvalue weighted by Gasteiger charge is 2.47. The van der Waals surface area contributed by atoms with Gasteiger partial charge in [0.15, 0.2) is 0 Å². The number of nitrogens with one attached hydrogen (secondary N) is 1. The van der Waals surface area contributed by atoms with Crippen LogP contribution in [0.1, 0.15) is 69.1 Å². The monoisotopic (exact) mass is 664 g/mol. The standard InChI is InChI=1S/C41H52N4O4/c1-30(2)27-43-22-12-14-31(28-43)26-42-39(48)36-21-13-23-44(36)40(49)37-24-35(46)29-45(37)38(47)25-41(32-15-6-3-7-16-32,33-17-8-4-9-18-33)34-19-10-5-11-20-34/h3-11,15-20,30-31,35-37,46H,12-14,21-29H2,1-2H3,(H,42,48)/t31-,35-,36-,37+/m1/s1. The summed E-state index contributed by atoms with van der Waals surface area (Å²) < 4.78 is 0. The molecule has 8 nitrogen and oxygen atoms in total. The molecule has 3 aromatic rings. The quantitative estimate of drug-likeness (QED) is 0.286. The third-order valence-electron chi connectivity index (χ3n) is 10.7. The van der Waals surface area contributed by atoms with Gasteiger partial charge in [0.05, 0.1) is 11.5 Å². The van der Waals surface area contributed by atoms with Crippen LogP contribution in [0.2, 0.25) is 0 Å². The molecule has 0 aliphatic carbocycles. The summed E-state index contributed by atoms with van der Waals surface area (Å²) in [6.07, 6.45) is 3.00. The van der Waals surface area contributed by atoms with Gasteiger partial charge in [-0.3, -0.25) is 14.4 Å². The number of aliphatic hydroxyl groups excluding tert-OH is 1. The Labute approximate surface area is 291 Å². The Morgan fingerprint density at radius 3 is 1.92 bits per heavy atom.